The molecule has 1 aromatic heterocycles. The molecular weight excluding hydrogens is 336 g/mol. The van der Waals surface area contributed by atoms with Gasteiger partial charge >= 0.3 is 0 Å². The summed E-state index contributed by atoms with van der Waals surface area (Å²) in [6.07, 6.45) is 5.30. The van der Waals surface area contributed by atoms with Gasteiger partial charge in [0.15, 0.2) is 0 Å². The average molecular weight is 354 g/mol. The molecule has 5 nitrogen and oxygen atoms in total. The molecular formula is C22H18N4O. The summed E-state index contributed by atoms with van der Waals surface area (Å²) in [5, 5.41) is 10.6. The van der Waals surface area contributed by atoms with E-state index in [1.807, 2.05) is 65.5 Å². The maximum atomic E-state index is 12.4. The molecule has 3 aromatic carbocycles. The molecule has 0 spiro atoms. The summed E-state index contributed by atoms with van der Waals surface area (Å²) in [5.74, 6) is -0.242. The second-order valence-electron chi connectivity index (χ2n) is 6.17. The Bertz CT molecular complexity index is 1090. The molecule has 0 bridgehead atoms. The van der Waals surface area contributed by atoms with Crippen molar-refractivity contribution in [3.8, 4) is 0 Å². The number of carbonyl (C=O) groups is 1. The SMILES string of the molecule is O=C(N/N=C/c1cccc2ccccc12)c1cccc(Cn2cccn2)c1. The molecule has 27 heavy (non-hydrogen) atoms. The number of hydrogen-bond acceptors (Lipinski definition) is 3. The maximum Gasteiger partial charge on any atom is 0.271 e. The van der Waals surface area contributed by atoms with Crippen LogP contribution in [0.25, 0.3) is 10.8 Å². The lowest BCUT2D eigenvalue weighted by atomic mass is 10.1. The highest BCUT2D eigenvalue weighted by Crippen LogP contribution is 2.16. The van der Waals surface area contributed by atoms with E-state index in [2.05, 4.69) is 27.8 Å². The van der Waals surface area contributed by atoms with Crippen LogP contribution in [0.2, 0.25) is 0 Å². The molecule has 0 saturated heterocycles. The molecule has 0 aliphatic carbocycles. The minimum Gasteiger partial charge on any atom is -0.268 e. The fourth-order valence-corrected chi connectivity index (χ4v) is 2.98. The predicted octanol–water partition coefficient (Wildman–Crippen LogP) is 3.85. The fraction of sp³-hybridized carbons (Fsp3) is 0.0455. The van der Waals surface area contributed by atoms with Crippen molar-refractivity contribution in [3.05, 3.63) is 102 Å². The Labute approximate surface area is 157 Å². The van der Waals surface area contributed by atoms with E-state index in [1.54, 1.807) is 18.5 Å². The summed E-state index contributed by atoms with van der Waals surface area (Å²) >= 11 is 0. The van der Waals surface area contributed by atoms with Crippen molar-refractivity contribution in [2.45, 2.75) is 6.54 Å². The van der Waals surface area contributed by atoms with E-state index >= 15 is 0 Å². The molecule has 4 aromatic rings. The van der Waals surface area contributed by atoms with E-state index in [0.717, 1.165) is 21.9 Å². The summed E-state index contributed by atoms with van der Waals surface area (Å²) in [4.78, 5) is 12.4. The smallest absolute Gasteiger partial charge is 0.268 e. The van der Waals surface area contributed by atoms with Gasteiger partial charge in [0.1, 0.15) is 0 Å². The van der Waals surface area contributed by atoms with E-state index in [-0.39, 0.29) is 5.91 Å². The zero-order valence-electron chi connectivity index (χ0n) is 14.6. The maximum absolute atomic E-state index is 12.4. The van der Waals surface area contributed by atoms with Crippen LogP contribution in [0.1, 0.15) is 21.5 Å². The molecule has 0 radical (unpaired) electrons. The molecule has 0 aliphatic heterocycles. The number of fused-ring (bicyclic) bond motifs is 1. The molecule has 4 rings (SSSR count). The third-order valence-corrected chi connectivity index (χ3v) is 4.29. The first kappa shape index (κ1) is 16.7. The fourth-order valence-electron chi connectivity index (χ4n) is 2.98. The summed E-state index contributed by atoms with van der Waals surface area (Å²) in [6, 6.07) is 23.4. The van der Waals surface area contributed by atoms with Gasteiger partial charge in [0.2, 0.25) is 0 Å². The highest BCUT2D eigenvalue weighted by atomic mass is 16.2. The van der Waals surface area contributed by atoms with Gasteiger partial charge in [-0.05, 0) is 34.5 Å². The van der Waals surface area contributed by atoms with Gasteiger partial charge in [-0.1, -0.05) is 54.6 Å². The number of carbonyl (C=O) groups excluding carboxylic acids is 1. The van der Waals surface area contributed by atoms with E-state index < -0.39 is 0 Å². The highest BCUT2D eigenvalue weighted by Gasteiger charge is 2.06. The van der Waals surface area contributed by atoms with Crippen LogP contribution in [0.15, 0.2) is 90.3 Å². The first-order valence-electron chi connectivity index (χ1n) is 8.67. The van der Waals surface area contributed by atoms with Gasteiger partial charge in [0.25, 0.3) is 5.91 Å². The highest BCUT2D eigenvalue weighted by molar-refractivity contribution is 6.00. The van der Waals surface area contributed by atoms with Crippen molar-refractivity contribution in [2.75, 3.05) is 0 Å². The van der Waals surface area contributed by atoms with Gasteiger partial charge in [0, 0.05) is 23.5 Å². The Kier molecular flexibility index (Phi) is 4.74. The first-order valence-corrected chi connectivity index (χ1v) is 8.67. The Morgan fingerprint density at radius 2 is 1.89 bits per heavy atom. The zero-order valence-corrected chi connectivity index (χ0v) is 14.6. The summed E-state index contributed by atoms with van der Waals surface area (Å²) in [6.45, 7) is 0.618. The van der Waals surface area contributed by atoms with E-state index in [9.17, 15) is 4.79 Å². The Balaban J connectivity index is 1.47. The molecule has 1 heterocycles. The molecule has 0 fully saturated rings. The van der Waals surface area contributed by atoms with Gasteiger partial charge in [0.05, 0.1) is 12.8 Å². The summed E-state index contributed by atoms with van der Waals surface area (Å²) in [7, 11) is 0. The van der Waals surface area contributed by atoms with Crippen molar-refractivity contribution in [1.82, 2.24) is 15.2 Å². The number of nitrogens with one attached hydrogen (secondary N) is 1. The third-order valence-electron chi connectivity index (χ3n) is 4.29. The van der Waals surface area contributed by atoms with Crippen LogP contribution in [0.3, 0.4) is 0 Å². The minimum atomic E-state index is -0.242. The van der Waals surface area contributed by atoms with Gasteiger partial charge < -0.3 is 0 Å². The van der Waals surface area contributed by atoms with E-state index in [0.29, 0.717) is 12.1 Å². The second kappa shape index (κ2) is 7.66. The van der Waals surface area contributed by atoms with Crippen LogP contribution in [0.5, 0.6) is 0 Å². The minimum absolute atomic E-state index is 0.242. The molecule has 0 saturated carbocycles. The zero-order chi connectivity index (χ0) is 18.5. The lowest BCUT2D eigenvalue weighted by Crippen LogP contribution is -2.18. The molecule has 5 heteroatoms. The lowest BCUT2D eigenvalue weighted by molar-refractivity contribution is 0.0955. The Morgan fingerprint density at radius 3 is 2.78 bits per heavy atom. The Hall–Kier alpha value is -3.73. The summed E-state index contributed by atoms with van der Waals surface area (Å²) < 4.78 is 1.82. The van der Waals surface area contributed by atoms with Crippen LogP contribution in [0.4, 0.5) is 0 Å². The topological polar surface area (TPSA) is 59.3 Å². The van der Waals surface area contributed by atoms with E-state index in [4.69, 9.17) is 0 Å². The van der Waals surface area contributed by atoms with Gasteiger partial charge in [-0.15, -0.1) is 0 Å². The second-order valence-corrected chi connectivity index (χ2v) is 6.17. The number of hydrazone groups is 1. The van der Waals surface area contributed by atoms with Gasteiger partial charge in [-0.25, -0.2) is 5.43 Å². The lowest BCUT2D eigenvalue weighted by Gasteiger charge is -2.05. The van der Waals surface area contributed by atoms with Crippen LogP contribution in [0, 0.1) is 0 Å². The van der Waals surface area contributed by atoms with E-state index in [1.165, 1.54) is 0 Å². The quantitative estimate of drug-likeness (QED) is 0.437. The molecule has 1 amide bonds. The number of aromatic nitrogens is 2. The predicted molar refractivity (Wildman–Crippen MR) is 107 cm³/mol. The van der Waals surface area contributed by atoms with Crippen LogP contribution in [-0.4, -0.2) is 21.9 Å². The monoisotopic (exact) mass is 354 g/mol. The summed E-state index contributed by atoms with van der Waals surface area (Å²) in [5.41, 5.74) is 5.13. The first-order chi connectivity index (χ1) is 13.3. The van der Waals surface area contributed by atoms with Crippen molar-refractivity contribution in [1.29, 1.82) is 0 Å². The number of nitrogens with zero attached hydrogens (tertiary/aromatic N) is 3. The molecule has 0 atom stereocenters. The van der Waals surface area contributed by atoms with Crippen molar-refractivity contribution in [3.63, 3.8) is 0 Å². The molecule has 1 N–H and O–H groups in total. The van der Waals surface area contributed by atoms with Crippen LogP contribution >= 0.6 is 0 Å². The molecule has 0 aliphatic rings. The number of rotatable bonds is 5. The van der Waals surface area contributed by atoms with Gasteiger partial charge in [-0.2, -0.15) is 10.2 Å². The van der Waals surface area contributed by atoms with Crippen molar-refractivity contribution < 1.29 is 4.79 Å². The third kappa shape index (κ3) is 3.93. The number of amides is 1. The number of benzene rings is 3. The molecule has 0 unspecified atom stereocenters. The standard InChI is InChI=1S/C22H18N4O/c27-22(19-9-3-6-17(14-19)16-26-13-5-12-24-26)25-23-15-20-10-4-8-18-7-1-2-11-21(18)20/h1-15H,16H2,(H,25,27)/b23-15+. The van der Waals surface area contributed by atoms with Crippen LogP contribution in [-0.2, 0) is 6.54 Å². The van der Waals surface area contributed by atoms with Crippen LogP contribution < -0.4 is 5.43 Å². The van der Waals surface area contributed by atoms with Crippen molar-refractivity contribution >= 4 is 22.9 Å². The molecule has 132 valence electrons. The van der Waals surface area contributed by atoms with Gasteiger partial charge in [-0.3, -0.25) is 9.48 Å². The van der Waals surface area contributed by atoms with Crippen molar-refractivity contribution in [2.24, 2.45) is 5.10 Å². The Morgan fingerprint density at radius 1 is 1.04 bits per heavy atom. The normalized spacial score (nSPS) is 11.1. The largest absolute Gasteiger partial charge is 0.271 e. The number of hydrogen-bond donors (Lipinski definition) is 1. The average Bonchev–Trinajstić information content (AvgIpc) is 3.21.